The number of unbranched alkanes of at least 4 members (excludes halogenated alkanes) is 16. The third kappa shape index (κ3) is 12.9. The first-order valence-corrected chi connectivity index (χ1v) is 35.1. The largest absolute Gasteiger partial charge is 0.457 e. The Bertz CT molecular complexity index is 3310. The highest BCUT2D eigenvalue weighted by Crippen LogP contribution is 2.64. The summed E-state index contributed by atoms with van der Waals surface area (Å²) in [7, 11) is 0. The molecule has 0 bridgehead atoms. The molecule has 0 radical (unpaired) electrons. The topological polar surface area (TPSA) is 125 Å². The third-order valence-corrected chi connectivity index (χ3v) is 20.1. The van der Waals surface area contributed by atoms with Gasteiger partial charge in [-0.2, -0.15) is 0 Å². The molecular formula is C80H92N4O8. The van der Waals surface area contributed by atoms with Gasteiger partial charge in [0, 0.05) is 140 Å². The molecule has 4 aliphatic rings. The van der Waals surface area contributed by atoms with Gasteiger partial charge in [-0.25, -0.2) is 0 Å². The van der Waals surface area contributed by atoms with Crippen molar-refractivity contribution in [2.45, 2.75) is 205 Å². The maximum Gasteiger partial charge on any atom is 0.230 e. The molecule has 12 nitrogen and oxygen atoms in total. The van der Waals surface area contributed by atoms with Crippen molar-refractivity contribution in [3.05, 3.63) is 167 Å². The van der Waals surface area contributed by atoms with Gasteiger partial charge in [-0.15, -0.1) is 0 Å². The standard InChI is InChI=1S/C80H92N4O8/c1-5-9-13-17-21-25-57-65-45-61(53-29-37-81-38-30-53)73-69-59(27-23-19-15-11-7-3)71-75(87-49-85-73)63(55-33-41-83-42-34-55)47-67-58(26-22-18-14-10-6-2)68-48-64(56-35-43-84-44-36-56)76-72(80(68)92-52-91-79(67)71)60(28-24-20-16-12-8-4)70-74(86-50-88-76)62(54-31-39-82-40-32-54)46-66(57)78(70)90-51-89-77(65)69/h29-48,57-60H,5-28,49-52H2,1-4H3. The lowest BCUT2D eigenvalue weighted by Gasteiger charge is -2.39. The molecule has 0 atom stereocenters. The van der Waals surface area contributed by atoms with Gasteiger partial charge in [0.2, 0.25) is 27.2 Å². The number of hydrogen-bond acceptors (Lipinski definition) is 12. The van der Waals surface area contributed by atoms with E-state index in [4.69, 9.17) is 37.9 Å². The van der Waals surface area contributed by atoms with E-state index in [1.54, 1.807) is 0 Å². The number of fused-ring (bicyclic) bond motifs is 12. The van der Waals surface area contributed by atoms with Crippen LogP contribution in [0.5, 0.6) is 46.0 Å². The fourth-order valence-corrected chi connectivity index (χ4v) is 15.5. The molecule has 0 amide bonds. The number of benzene rings is 4. The van der Waals surface area contributed by atoms with E-state index in [9.17, 15) is 0 Å². The first-order chi connectivity index (χ1) is 45.6. The lowest BCUT2D eigenvalue weighted by atomic mass is 9.72. The van der Waals surface area contributed by atoms with Gasteiger partial charge in [-0.3, -0.25) is 19.9 Å². The van der Waals surface area contributed by atoms with Crippen LogP contribution >= 0.6 is 0 Å². The molecule has 8 aromatic rings. The van der Waals surface area contributed by atoms with Gasteiger partial charge in [0.1, 0.15) is 46.0 Å². The van der Waals surface area contributed by atoms with Crippen molar-refractivity contribution in [3.8, 4) is 90.5 Å². The molecule has 12 rings (SSSR count). The summed E-state index contributed by atoms with van der Waals surface area (Å²) in [6.45, 7) is 8.89. The highest BCUT2D eigenvalue weighted by molar-refractivity contribution is 5.85. The quantitative estimate of drug-likeness (QED) is 0.0434. The molecule has 0 aliphatic carbocycles. The van der Waals surface area contributed by atoms with E-state index in [-0.39, 0.29) is 50.8 Å². The van der Waals surface area contributed by atoms with Crippen molar-refractivity contribution in [2.24, 2.45) is 0 Å². The third-order valence-electron chi connectivity index (χ3n) is 20.1. The summed E-state index contributed by atoms with van der Waals surface area (Å²) >= 11 is 0. The van der Waals surface area contributed by atoms with E-state index in [0.29, 0.717) is 0 Å². The summed E-state index contributed by atoms with van der Waals surface area (Å²) in [5.74, 6) is 4.94. The second kappa shape index (κ2) is 30.1. The van der Waals surface area contributed by atoms with Crippen molar-refractivity contribution < 1.29 is 37.9 Å². The van der Waals surface area contributed by atoms with Gasteiger partial charge in [0.25, 0.3) is 0 Å². The van der Waals surface area contributed by atoms with Crippen molar-refractivity contribution in [2.75, 3.05) is 27.2 Å². The molecule has 0 N–H and O–H groups in total. The van der Waals surface area contributed by atoms with E-state index in [0.717, 1.165) is 263 Å². The van der Waals surface area contributed by atoms with E-state index < -0.39 is 0 Å². The molecule has 480 valence electrons. The van der Waals surface area contributed by atoms with Crippen molar-refractivity contribution in [1.29, 1.82) is 0 Å². The van der Waals surface area contributed by atoms with Crippen molar-refractivity contribution in [3.63, 3.8) is 0 Å². The van der Waals surface area contributed by atoms with Crippen LogP contribution in [0.25, 0.3) is 44.5 Å². The number of rotatable bonds is 28. The monoisotopic (exact) mass is 1240 g/mol. The summed E-state index contributed by atoms with van der Waals surface area (Å²) in [5, 5.41) is 0. The van der Waals surface area contributed by atoms with E-state index in [1.807, 2.05) is 49.6 Å². The molecule has 0 fully saturated rings. The molecule has 4 aromatic carbocycles. The molecule has 0 unspecified atom stereocenters. The van der Waals surface area contributed by atoms with Gasteiger partial charge < -0.3 is 37.9 Å². The zero-order valence-electron chi connectivity index (χ0n) is 54.7. The predicted molar refractivity (Wildman–Crippen MR) is 364 cm³/mol. The summed E-state index contributed by atoms with van der Waals surface area (Å²) in [6, 6.07) is 26.5. The van der Waals surface area contributed by atoms with Crippen LogP contribution in [0.3, 0.4) is 0 Å². The molecule has 0 saturated carbocycles. The Hall–Kier alpha value is -8.12. The zero-order chi connectivity index (χ0) is 62.6. The Morgan fingerprint density at radius 1 is 0.261 bits per heavy atom. The number of pyridine rings is 4. The molecule has 0 spiro atoms. The Kier molecular flexibility index (Phi) is 20.5. The molecule has 4 aliphatic heterocycles. The normalized spacial score (nSPS) is 17.2. The number of hydrogen-bond donors (Lipinski definition) is 0. The van der Waals surface area contributed by atoms with Crippen LogP contribution in [0.2, 0.25) is 0 Å². The van der Waals surface area contributed by atoms with E-state index in [1.165, 1.54) is 25.7 Å². The van der Waals surface area contributed by atoms with Crippen LogP contribution in [0.15, 0.2) is 122 Å². The van der Waals surface area contributed by atoms with Crippen molar-refractivity contribution >= 4 is 0 Å². The average Bonchev–Trinajstić information content (AvgIpc) is 0.717. The van der Waals surface area contributed by atoms with Gasteiger partial charge in [0.05, 0.1) is 0 Å². The maximum absolute atomic E-state index is 7.67. The fourth-order valence-electron chi connectivity index (χ4n) is 15.5. The minimum atomic E-state index is -0.366. The van der Waals surface area contributed by atoms with Crippen LogP contribution in [0.1, 0.15) is 250 Å². The molecule has 12 heteroatoms. The second-order valence-electron chi connectivity index (χ2n) is 25.9. The molecular weight excluding hydrogens is 1140 g/mol. The van der Waals surface area contributed by atoms with E-state index >= 15 is 0 Å². The minimum Gasteiger partial charge on any atom is -0.457 e. The average molecular weight is 1240 g/mol. The highest BCUT2D eigenvalue weighted by Gasteiger charge is 2.45. The highest BCUT2D eigenvalue weighted by atomic mass is 16.7. The zero-order valence-corrected chi connectivity index (χ0v) is 54.7. The van der Waals surface area contributed by atoms with Crippen LogP contribution < -0.4 is 37.9 Å². The van der Waals surface area contributed by atoms with Gasteiger partial charge in [0.15, 0.2) is 0 Å². The lowest BCUT2D eigenvalue weighted by molar-refractivity contribution is 0.0914. The lowest BCUT2D eigenvalue weighted by Crippen LogP contribution is -2.26. The summed E-state index contributed by atoms with van der Waals surface area (Å²) in [5.41, 5.74) is 16.2. The summed E-state index contributed by atoms with van der Waals surface area (Å²) in [4.78, 5) is 18.4. The fraction of sp³-hybridized carbons (Fsp3) is 0.450. The Balaban J connectivity index is 1.23. The Morgan fingerprint density at radius 2 is 0.467 bits per heavy atom. The number of nitrogens with zero attached hydrogens (tertiary/aromatic N) is 4. The molecule has 8 heterocycles. The first kappa shape index (κ1) is 62.7. The van der Waals surface area contributed by atoms with Crippen LogP contribution in [0, 0.1) is 0 Å². The summed E-state index contributed by atoms with van der Waals surface area (Å²) < 4.78 is 60.1. The predicted octanol–water partition coefficient (Wildman–Crippen LogP) is 21.1. The van der Waals surface area contributed by atoms with Gasteiger partial charge in [-0.1, -0.05) is 156 Å². The number of ether oxygens (including phenoxy) is 8. The van der Waals surface area contributed by atoms with Crippen LogP contribution in [0.4, 0.5) is 0 Å². The van der Waals surface area contributed by atoms with Crippen LogP contribution in [-0.4, -0.2) is 47.1 Å². The molecule has 92 heavy (non-hydrogen) atoms. The van der Waals surface area contributed by atoms with Gasteiger partial charge >= 0.3 is 0 Å². The first-order valence-electron chi connectivity index (χ1n) is 35.1. The SMILES string of the molecule is CCCCCCCC1c2cc(-c3ccncc3)c3c4c2OCOc2c1cc(-c1ccncc1)c1c2C(CCCCCCC)c2c(c(-c5ccncc5)cc5c2OCOc2c(cc(-c6ccncc6)c(c2C4CCCCCCC)OCO3)C5CCCCCCC)OCO1. The Morgan fingerprint density at radius 3 is 0.696 bits per heavy atom. The van der Waals surface area contributed by atoms with E-state index in [2.05, 4.69) is 120 Å². The number of aromatic nitrogens is 4. The minimum absolute atomic E-state index is 0.0676. The molecule has 0 saturated heterocycles. The second-order valence-corrected chi connectivity index (χ2v) is 25.9. The van der Waals surface area contributed by atoms with Gasteiger partial charge in [-0.05, 0) is 121 Å². The van der Waals surface area contributed by atoms with Crippen molar-refractivity contribution in [1.82, 2.24) is 19.9 Å². The summed E-state index contributed by atoms with van der Waals surface area (Å²) in [6.07, 6.45) is 40.3. The molecule has 4 aromatic heterocycles. The smallest absolute Gasteiger partial charge is 0.230 e. The Labute approximate surface area is 545 Å². The van der Waals surface area contributed by atoms with Crippen LogP contribution in [-0.2, 0) is 0 Å². The maximum atomic E-state index is 7.67.